The largest absolute Gasteiger partial charge is 0.573 e. The Hall–Kier alpha value is -1.27. The SMILES string of the molecule is Cc1cc(OC(F)(F)F)ccc1C(O)CN. The topological polar surface area (TPSA) is 55.5 Å². The van der Waals surface area contributed by atoms with E-state index in [2.05, 4.69) is 4.74 Å². The van der Waals surface area contributed by atoms with Gasteiger partial charge in [-0.1, -0.05) is 6.07 Å². The van der Waals surface area contributed by atoms with Crippen molar-refractivity contribution in [2.75, 3.05) is 6.54 Å². The van der Waals surface area contributed by atoms with E-state index in [9.17, 15) is 18.3 Å². The summed E-state index contributed by atoms with van der Waals surface area (Å²) >= 11 is 0. The number of hydrogen-bond donors (Lipinski definition) is 2. The van der Waals surface area contributed by atoms with Gasteiger partial charge in [-0.05, 0) is 30.2 Å². The first-order chi connectivity index (χ1) is 7.33. The Bertz CT molecular complexity index is 366. The second-order valence-corrected chi connectivity index (χ2v) is 3.32. The van der Waals surface area contributed by atoms with Gasteiger partial charge in [0.15, 0.2) is 0 Å². The van der Waals surface area contributed by atoms with Crippen LogP contribution in [0.2, 0.25) is 0 Å². The number of alkyl halides is 3. The molecule has 0 bridgehead atoms. The van der Waals surface area contributed by atoms with Crippen molar-refractivity contribution < 1.29 is 23.0 Å². The standard InChI is InChI=1S/C10H12F3NO2/c1-6-4-7(16-10(11,12)13)2-3-8(6)9(15)5-14/h2-4,9,15H,5,14H2,1H3. The molecule has 0 amide bonds. The summed E-state index contributed by atoms with van der Waals surface area (Å²) in [4.78, 5) is 0. The fourth-order valence-corrected chi connectivity index (χ4v) is 1.35. The fraction of sp³-hybridized carbons (Fsp3) is 0.400. The molecule has 0 aromatic heterocycles. The third-order valence-electron chi connectivity index (χ3n) is 2.06. The molecule has 0 aliphatic carbocycles. The van der Waals surface area contributed by atoms with Gasteiger partial charge in [-0.15, -0.1) is 13.2 Å². The van der Waals surface area contributed by atoms with Gasteiger partial charge in [-0.25, -0.2) is 0 Å². The fourth-order valence-electron chi connectivity index (χ4n) is 1.35. The van der Waals surface area contributed by atoms with Crippen LogP contribution in [0.1, 0.15) is 17.2 Å². The molecule has 1 atom stereocenters. The first-order valence-corrected chi connectivity index (χ1v) is 4.58. The maximum atomic E-state index is 11.9. The summed E-state index contributed by atoms with van der Waals surface area (Å²) < 4.78 is 39.5. The van der Waals surface area contributed by atoms with E-state index in [1.165, 1.54) is 12.1 Å². The summed E-state index contributed by atoms with van der Waals surface area (Å²) in [5.41, 5.74) is 6.25. The Labute approximate surface area is 90.6 Å². The Kier molecular flexibility index (Phi) is 3.77. The summed E-state index contributed by atoms with van der Waals surface area (Å²) in [6.07, 6.45) is -5.58. The molecule has 1 rings (SSSR count). The van der Waals surface area contributed by atoms with Gasteiger partial charge in [0.1, 0.15) is 5.75 Å². The van der Waals surface area contributed by atoms with Crippen LogP contribution in [0.4, 0.5) is 13.2 Å². The van der Waals surface area contributed by atoms with Gasteiger partial charge in [-0.3, -0.25) is 0 Å². The monoisotopic (exact) mass is 235 g/mol. The molecule has 1 unspecified atom stereocenters. The van der Waals surface area contributed by atoms with Gasteiger partial charge in [0.05, 0.1) is 6.10 Å². The normalized spacial score (nSPS) is 13.6. The zero-order valence-electron chi connectivity index (χ0n) is 8.58. The van der Waals surface area contributed by atoms with Crippen LogP contribution >= 0.6 is 0 Å². The van der Waals surface area contributed by atoms with Gasteiger partial charge < -0.3 is 15.6 Å². The minimum absolute atomic E-state index is 0.0142. The number of aryl methyl sites for hydroxylation is 1. The Morgan fingerprint density at radius 3 is 2.50 bits per heavy atom. The van der Waals surface area contributed by atoms with E-state index in [-0.39, 0.29) is 12.3 Å². The molecule has 0 saturated heterocycles. The summed E-state index contributed by atoms with van der Waals surface area (Å²) in [6, 6.07) is 3.73. The molecule has 0 aliphatic heterocycles. The van der Waals surface area contributed by atoms with Crippen LogP contribution in [0.25, 0.3) is 0 Å². The van der Waals surface area contributed by atoms with Crippen molar-refractivity contribution in [3.05, 3.63) is 29.3 Å². The van der Waals surface area contributed by atoms with Crippen molar-refractivity contribution in [2.24, 2.45) is 5.73 Å². The average molecular weight is 235 g/mol. The van der Waals surface area contributed by atoms with Crippen LogP contribution in [0.3, 0.4) is 0 Å². The van der Waals surface area contributed by atoms with Crippen LogP contribution in [0.5, 0.6) is 5.75 Å². The lowest BCUT2D eigenvalue weighted by molar-refractivity contribution is -0.274. The lowest BCUT2D eigenvalue weighted by Gasteiger charge is -2.14. The van der Waals surface area contributed by atoms with Crippen LogP contribution in [-0.2, 0) is 0 Å². The van der Waals surface area contributed by atoms with E-state index in [1.54, 1.807) is 6.92 Å². The molecular weight excluding hydrogens is 223 g/mol. The first kappa shape index (κ1) is 12.8. The van der Waals surface area contributed by atoms with Crippen LogP contribution in [-0.4, -0.2) is 18.0 Å². The highest BCUT2D eigenvalue weighted by atomic mass is 19.4. The van der Waals surface area contributed by atoms with E-state index in [4.69, 9.17) is 5.73 Å². The summed E-state index contributed by atoms with van der Waals surface area (Å²) in [5, 5.41) is 9.45. The number of halogens is 3. The first-order valence-electron chi connectivity index (χ1n) is 4.58. The minimum atomic E-state index is -4.71. The lowest BCUT2D eigenvalue weighted by atomic mass is 10.0. The van der Waals surface area contributed by atoms with Gasteiger partial charge in [0.2, 0.25) is 0 Å². The van der Waals surface area contributed by atoms with Gasteiger partial charge in [0.25, 0.3) is 0 Å². The van der Waals surface area contributed by atoms with E-state index in [0.717, 1.165) is 6.07 Å². The molecule has 0 saturated carbocycles. The Morgan fingerprint density at radius 1 is 1.44 bits per heavy atom. The highest BCUT2D eigenvalue weighted by Crippen LogP contribution is 2.26. The number of hydrogen-bond acceptors (Lipinski definition) is 3. The molecule has 3 nitrogen and oxygen atoms in total. The number of aliphatic hydroxyl groups excluding tert-OH is 1. The molecular formula is C10H12F3NO2. The van der Waals surface area contributed by atoms with Gasteiger partial charge in [0, 0.05) is 6.54 Å². The predicted molar refractivity (Wildman–Crippen MR) is 51.9 cm³/mol. The van der Waals surface area contributed by atoms with E-state index < -0.39 is 12.5 Å². The second kappa shape index (κ2) is 4.71. The van der Waals surface area contributed by atoms with Crippen LogP contribution in [0, 0.1) is 6.92 Å². The molecule has 0 fully saturated rings. The zero-order chi connectivity index (χ0) is 12.3. The predicted octanol–water partition coefficient (Wildman–Crippen LogP) is 1.89. The number of aliphatic hydroxyl groups is 1. The quantitative estimate of drug-likeness (QED) is 0.841. The second-order valence-electron chi connectivity index (χ2n) is 3.32. The third-order valence-corrected chi connectivity index (χ3v) is 2.06. The van der Waals surface area contributed by atoms with Crippen LogP contribution < -0.4 is 10.5 Å². The van der Waals surface area contributed by atoms with Crippen molar-refractivity contribution in [1.82, 2.24) is 0 Å². The maximum Gasteiger partial charge on any atom is 0.573 e. The summed E-state index contributed by atoms with van der Waals surface area (Å²) in [7, 11) is 0. The molecule has 90 valence electrons. The summed E-state index contributed by atoms with van der Waals surface area (Å²) in [5.74, 6) is -0.307. The average Bonchev–Trinajstić information content (AvgIpc) is 2.14. The van der Waals surface area contributed by atoms with Crippen molar-refractivity contribution in [3.63, 3.8) is 0 Å². The molecule has 0 radical (unpaired) electrons. The van der Waals surface area contributed by atoms with Crippen molar-refractivity contribution >= 4 is 0 Å². The smallest absolute Gasteiger partial charge is 0.406 e. The molecule has 0 heterocycles. The number of benzene rings is 1. The maximum absolute atomic E-state index is 11.9. The highest BCUT2D eigenvalue weighted by Gasteiger charge is 2.31. The molecule has 16 heavy (non-hydrogen) atoms. The number of rotatable bonds is 3. The molecule has 1 aromatic rings. The molecule has 1 aromatic carbocycles. The Balaban J connectivity index is 2.91. The van der Waals surface area contributed by atoms with Gasteiger partial charge in [-0.2, -0.15) is 0 Å². The molecule has 0 spiro atoms. The van der Waals surface area contributed by atoms with E-state index in [0.29, 0.717) is 11.1 Å². The van der Waals surface area contributed by atoms with Crippen molar-refractivity contribution in [1.29, 1.82) is 0 Å². The lowest BCUT2D eigenvalue weighted by Crippen LogP contribution is -2.17. The van der Waals surface area contributed by atoms with Crippen molar-refractivity contribution in [2.45, 2.75) is 19.4 Å². The molecule has 6 heteroatoms. The minimum Gasteiger partial charge on any atom is -0.406 e. The molecule has 0 aliphatic rings. The zero-order valence-corrected chi connectivity index (χ0v) is 8.58. The van der Waals surface area contributed by atoms with E-state index in [1.807, 2.05) is 0 Å². The number of nitrogens with two attached hydrogens (primary N) is 1. The van der Waals surface area contributed by atoms with Gasteiger partial charge >= 0.3 is 6.36 Å². The Morgan fingerprint density at radius 2 is 2.06 bits per heavy atom. The van der Waals surface area contributed by atoms with Crippen molar-refractivity contribution in [3.8, 4) is 5.75 Å². The molecule has 3 N–H and O–H groups in total. The highest BCUT2D eigenvalue weighted by molar-refractivity contribution is 5.36. The van der Waals surface area contributed by atoms with E-state index >= 15 is 0 Å². The number of ether oxygens (including phenoxy) is 1. The summed E-state index contributed by atoms with van der Waals surface area (Å²) in [6.45, 7) is 1.60. The van der Waals surface area contributed by atoms with Crippen LogP contribution in [0.15, 0.2) is 18.2 Å². The third kappa shape index (κ3) is 3.39.